The van der Waals surface area contributed by atoms with Gasteiger partial charge in [0.25, 0.3) is 0 Å². The van der Waals surface area contributed by atoms with Crippen LogP contribution in [0.5, 0.6) is 0 Å². The molecule has 0 N–H and O–H groups in total. The van der Waals surface area contributed by atoms with Gasteiger partial charge in [-0.3, -0.25) is 0 Å². The highest BCUT2D eigenvalue weighted by Crippen LogP contribution is 2.17. The lowest BCUT2D eigenvalue weighted by Crippen LogP contribution is -2.23. The van der Waals surface area contributed by atoms with Crippen LogP contribution in [0.1, 0.15) is 12.5 Å². The number of nitrogens with zero attached hydrogens (tertiary/aromatic N) is 1. The van der Waals surface area contributed by atoms with Crippen LogP contribution in [0.15, 0.2) is 23.1 Å². The van der Waals surface area contributed by atoms with Crippen LogP contribution in [0, 0.1) is 6.07 Å². The second-order valence-electron chi connectivity index (χ2n) is 3.15. The molecule has 1 aromatic carbocycles. The van der Waals surface area contributed by atoms with Gasteiger partial charge in [-0.2, -0.15) is 0 Å². The van der Waals surface area contributed by atoms with E-state index in [4.69, 9.17) is 0 Å². The number of hydrogen-bond donors (Lipinski definition) is 0. The van der Waals surface area contributed by atoms with Crippen LogP contribution >= 0.6 is 0 Å². The van der Waals surface area contributed by atoms with Crippen molar-refractivity contribution in [1.29, 1.82) is 0 Å². The predicted molar refractivity (Wildman–Crippen MR) is 55.5 cm³/mol. The van der Waals surface area contributed by atoms with E-state index in [0.717, 1.165) is 5.56 Å². The third kappa shape index (κ3) is 1.96. The van der Waals surface area contributed by atoms with Crippen molar-refractivity contribution in [2.75, 3.05) is 14.1 Å². The zero-order chi connectivity index (χ0) is 10.8. The van der Waals surface area contributed by atoms with Crippen LogP contribution in [-0.4, -0.2) is 26.8 Å². The minimum atomic E-state index is -3.32. The lowest BCUT2D eigenvalue weighted by molar-refractivity contribution is 0.519. The van der Waals surface area contributed by atoms with E-state index in [1.54, 1.807) is 18.2 Å². The van der Waals surface area contributed by atoms with Crippen molar-refractivity contribution in [2.45, 2.75) is 18.2 Å². The average Bonchev–Trinajstić information content (AvgIpc) is 2.17. The maximum Gasteiger partial charge on any atom is 0.242 e. The molecule has 0 atom stereocenters. The summed E-state index contributed by atoms with van der Waals surface area (Å²) >= 11 is 0. The molecule has 77 valence electrons. The standard InChI is InChI=1S/C10H14NO2S/c1-4-9-7-5-6-8-10(9)14(12,13)11(2)3/h5-6,8H,4H2,1-3H3. The maximum absolute atomic E-state index is 11.8. The van der Waals surface area contributed by atoms with E-state index < -0.39 is 10.0 Å². The average molecular weight is 212 g/mol. The SMILES string of the molecule is CCc1[c]cccc1S(=O)(=O)N(C)C. The number of sulfonamides is 1. The first-order chi connectivity index (χ1) is 6.50. The van der Waals surface area contributed by atoms with Crippen LogP contribution in [0.2, 0.25) is 0 Å². The lowest BCUT2D eigenvalue weighted by Gasteiger charge is -2.13. The van der Waals surface area contributed by atoms with Crippen molar-refractivity contribution < 1.29 is 8.42 Å². The predicted octanol–water partition coefficient (Wildman–Crippen LogP) is 1.30. The highest BCUT2D eigenvalue weighted by molar-refractivity contribution is 7.89. The summed E-state index contributed by atoms with van der Waals surface area (Å²) in [5.41, 5.74) is 0.737. The van der Waals surface area contributed by atoms with E-state index >= 15 is 0 Å². The van der Waals surface area contributed by atoms with Gasteiger partial charge in [0.1, 0.15) is 0 Å². The zero-order valence-electron chi connectivity index (χ0n) is 8.61. The van der Waals surface area contributed by atoms with E-state index in [-0.39, 0.29) is 0 Å². The van der Waals surface area contributed by atoms with Gasteiger partial charge in [-0.25, -0.2) is 12.7 Å². The Bertz CT molecular complexity index is 410. The van der Waals surface area contributed by atoms with E-state index in [9.17, 15) is 8.42 Å². The second kappa shape index (κ2) is 4.11. The molecular weight excluding hydrogens is 198 g/mol. The summed E-state index contributed by atoms with van der Waals surface area (Å²) in [5, 5.41) is 0. The highest BCUT2D eigenvalue weighted by atomic mass is 32.2. The lowest BCUT2D eigenvalue weighted by atomic mass is 10.2. The van der Waals surface area contributed by atoms with Gasteiger partial charge < -0.3 is 0 Å². The third-order valence-corrected chi connectivity index (χ3v) is 3.91. The molecule has 0 heterocycles. The van der Waals surface area contributed by atoms with Crippen molar-refractivity contribution >= 4 is 10.0 Å². The molecule has 0 fully saturated rings. The summed E-state index contributed by atoms with van der Waals surface area (Å²) in [5.74, 6) is 0. The fourth-order valence-electron chi connectivity index (χ4n) is 1.17. The first-order valence-corrected chi connectivity index (χ1v) is 5.86. The number of rotatable bonds is 3. The van der Waals surface area contributed by atoms with Crippen molar-refractivity contribution in [3.05, 3.63) is 29.8 Å². The molecule has 0 spiro atoms. The Kier molecular flexibility index (Phi) is 3.29. The summed E-state index contributed by atoms with van der Waals surface area (Å²) in [7, 11) is -0.258. The normalized spacial score (nSPS) is 12.0. The van der Waals surface area contributed by atoms with Crippen LogP contribution in [0.4, 0.5) is 0 Å². The first kappa shape index (κ1) is 11.2. The molecule has 0 amide bonds. The first-order valence-electron chi connectivity index (χ1n) is 4.42. The minimum Gasteiger partial charge on any atom is -0.207 e. The van der Waals surface area contributed by atoms with Crippen LogP contribution in [-0.2, 0) is 16.4 Å². The Hall–Kier alpha value is -0.870. The molecule has 1 radical (unpaired) electrons. The molecule has 0 aliphatic heterocycles. The summed E-state index contributed by atoms with van der Waals surface area (Å²) in [6.45, 7) is 1.92. The van der Waals surface area contributed by atoms with Crippen LogP contribution < -0.4 is 0 Å². The fraction of sp³-hybridized carbons (Fsp3) is 0.400. The smallest absolute Gasteiger partial charge is 0.207 e. The van der Waals surface area contributed by atoms with Crippen LogP contribution in [0.25, 0.3) is 0 Å². The third-order valence-electron chi connectivity index (χ3n) is 2.01. The van der Waals surface area contributed by atoms with Crippen molar-refractivity contribution in [3.63, 3.8) is 0 Å². The van der Waals surface area contributed by atoms with Gasteiger partial charge in [-0.05, 0) is 24.1 Å². The van der Waals surface area contributed by atoms with Gasteiger partial charge in [0.2, 0.25) is 10.0 Å². The monoisotopic (exact) mass is 212 g/mol. The Morgan fingerprint density at radius 1 is 1.43 bits per heavy atom. The van der Waals surface area contributed by atoms with Gasteiger partial charge in [0.15, 0.2) is 0 Å². The molecule has 0 aliphatic carbocycles. The molecule has 0 unspecified atom stereocenters. The van der Waals surface area contributed by atoms with E-state index in [1.807, 2.05) is 6.92 Å². The van der Waals surface area contributed by atoms with Crippen molar-refractivity contribution in [2.24, 2.45) is 0 Å². The molecule has 4 heteroatoms. The van der Waals surface area contributed by atoms with Gasteiger partial charge in [-0.1, -0.05) is 19.1 Å². The summed E-state index contributed by atoms with van der Waals surface area (Å²) in [6.07, 6.45) is 0.670. The molecule has 3 nitrogen and oxygen atoms in total. The highest BCUT2D eigenvalue weighted by Gasteiger charge is 2.19. The van der Waals surface area contributed by atoms with Gasteiger partial charge in [0, 0.05) is 14.1 Å². The quantitative estimate of drug-likeness (QED) is 0.757. The topological polar surface area (TPSA) is 37.4 Å². The molecule has 0 aromatic heterocycles. The number of aryl methyl sites for hydroxylation is 1. The largest absolute Gasteiger partial charge is 0.242 e. The van der Waals surface area contributed by atoms with Gasteiger partial charge >= 0.3 is 0 Å². The van der Waals surface area contributed by atoms with E-state index in [0.29, 0.717) is 11.3 Å². The number of benzene rings is 1. The molecule has 0 bridgehead atoms. The van der Waals surface area contributed by atoms with Gasteiger partial charge in [-0.15, -0.1) is 0 Å². The Labute approximate surface area is 85.4 Å². The van der Waals surface area contributed by atoms with E-state index in [1.165, 1.54) is 18.4 Å². The summed E-state index contributed by atoms with van der Waals surface area (Å²) < 4.78 is 24.9. The Morgan fingerprint density at radius 3 is 2.57 bits per heavy atom. The second-order valence-corrected chi connectivity index (χ2v) is 5.27. The molecular formula is C10H14NO2S. The summed E-state index contributed by atoms with van der Waals surface area (Å²) in [6, 6.07) is 7.98. The van der Waals surface area contributed by atoms with Gasteiger partial charge in [0.05, 0.1) is 4.90 Å². The minimum absolute atomic E-state index is 0.354. The van der Waals surface area contributed by atoms with E-state index in [2.05, 4.69) is 6.07 Å². The Morgan fingerprint density at radius 2 is 2.07 bits per heavy atom. The maximum atomic E-state index is 11.8. The molecule has 1 rings (SSSR count). The van der Waals surface area contributed by atoms with Crippen LogP contribution in [0.3, 0.4) is 0 Å². The van der Waals surface area contributed by atoms with Crippen molar-refractivity contribution in [1.82, 2.24) is 4.31 Å². The molecule has 1 aromatic rings. The fourth-order valence-corrected chi connectivity index (χ4v) is 2.33. The van der Waals surface area contributed by atoms with Crippen molar-refractivity contribution in [3.8, 4) is 0 Å². The molecule has 0 aliphatic rings. The summed E-state index contributed by atoms with van der Waals surface area (Å²) in [4.78, 5) is 0.354. The molecule has 0 saturated heterocycles. The molecule has 0 saturated carbocycles. The number of hydrogen-bond acceptors (Lipinski definition) is 2. The Balaban J connectivity index is 3.32. The molecule has 14 heavy (non-hydrogen) atoms. The zero-order valence-corrected chi connectivity index (χ0v) is 9.43.